The molecule has 1 aromatic carbocycles. The number of amides is 2. The second-order valence-corrected chi connectivity index (χ2v) is 19.7. The molecule has 0 spiro atoms. The van der Waals surface area contributed by atoms with Gasteiger partial charge in [0.25, 0.3) is 5.56 Å². The Bertz CT molecular complexity index is 2410. The van der Waals surface area contributed by atoms with E-state index in [-0.39, 0.29) is 37.3 Å². The van der Waals surface area contributed by atoms with Crippen LogP contribution in [0.25, 0.3) is 22.3 Å². The number of cyclic esters (lactones) is 1. The van der Waals surface area contributed by atoms with Crippen LogP contribution in [0.2, 0.25) is 0 Å². The number of aryl methyl sites for hydroxylation is 1. The average molecular weight is 886 g/mol. The smallest absolute Gasteiger partial charge is 0.407 e. The monoisotopic (exact) mass is 885 g/mol. The molecule has 19 heteroatoms. The first-order valence-electron chi connectivity index (χ1n) is 20.9. The molecular formula is C43H57FN5O12P. The van der Waals surface area contributed by atoms with Gasteiger partial charge >= 0.3 is 25.8 Å². The molecule has 3 aliphatic rings. The number of benzene rings is 1. The molecule has 0 radical (unpaired) electrons. The second-order valence-electron chi connectivity index (χ2n) is 17.9. The number of esters is 2. The van der Waals surface area contributed by atoms with Gasteiger partial charge in [0.15, 0.2) is 5.60 Å². The van der Waals surface area contributed by atoms with E-state index in [0.29, 0.717) is 83.2 Å². The minimum absolute atomic E-state index is 0.0405. The Balaban J connectivity index is 1.22. The number of aromatic nitrogens is 2. The van der Waals surface area contributed by atoms with Gasteiger partial charge in [0, 0.05) is 29.1 Å². The maximum Gasteiger partial charge on any atom is 0.407 e. The molecule has 62 heavy (non-hydrogen) atoms. The number of hydrogen-bond acceptors (Lipinski definition) is 13. The van der Waals surface area contributed by atoms with Crippen LogP contribution in [0.5, 0.6) is 0 Å². The fourth-order valence-electron chi connectivity index (χ4n) is 7.96. The standard InChI is InChI=1S/C43H57FN5O12P/c1-10-43(55)28-18-32-36-26(20-49(32)37(51)27(28)21-57-39(43)53)35-30(15-14-25-23(2)29(44)19-31(47-36)34(25)35)46-33(50)22-59-62(56,48-24(3)38(52)60-41(4,5)6)58-17-13-11-12-16-45-40(54)61-42(7,8)9/h18-19,24,30,55H,10-17,20-22H2,1-9H3,(H,45,54)(H,46,50)(H,48,56)/t24?,30-,43-,62?/m0/s1. The highest BCUT2D eigenvalue weighted by molar-refractivity contribution is 7.51. The highest BCUT2D eigenvalue weighted by Gasteiger charge is 2.46. The molecule has 4 N–H and O–H groups in total. The third kappa shape index (κ3) is 9.89. The van der Waals surface area contributed by atoms with Crippen molar-refractivity contribution in [3.63, 3.8) is 0 Å². The number of ether oxygens (including phenoxy) is 3. The van der Waals surface area contributed by atoms with Crippen LogP contribution in [-0.2, 0) is 67.4 Å². The summed E-state index contributed by atoms with van der Waals surface area (Å²) in [5.74, 6) is -2.72. The Morgan fingerprint density at radius 3 is 2.44 bits per heavy atom. The number of carbonyl (C=O) groups is 4. The first-order chi connectivity index (χ1) is 28.9. The van der Waals surface area contributed by atoms with Crippen molar-refractivity contribution in [2.24, 2.45) is 0 Å². The number of fused-ring (bicyclic) bond motifs is 5. The van der Waals surface area contributed by atoms with Gasteiger partial charge in [-0.15, -0.1) is 0 Å². The molecule has 0 fully saturated rings. The second kappa shape index (κ2) is 17.8. The van der Waals surface area contributed by atoms with Gasteiger partial charge in [-0.05, 0) is 117 Å². The summed E-state index contributed by atoms with van der Waals surface area (Å²) in [4.78, 5) is 70.2. The van der Waals surface area contributed by atoms with E-state index in [1.165, 1.54) is 17.6 Å². The van der Waals surface area contributed by atoms with E-state index >= 15 is 4.39 Å². The molecule has 2 aromatic heterocycles. The maximum atomic E-state index is 15.4. The van der Waals surface area contributed by atoms with E-state index < -0.39 is 78.6 Å². The topological polar surface area (TPSA) is 223 Å². The van der Waals surface area contributed by atoms with Crippen LogP contribution in [-0.4, -0.2) is 75.6 Å². The highest BCUT2D eigenvalue weighted by Crippen LogP contribution is 2.47. The Kier molecular flexibility index (Phi) is 13.4. The van der Waals surface area contributed by atoms with Gasteiger partial charge in [0.2, 0.25) is 5.91 Å². The van der Waals surface area contributed by atoms with E-state index in [1.807, 2.05) is 0 Å². The van der Waals surface area contributed by atoms with Crippen molar-refractivity contribution in [3.05, 3.63) is 61.7 Å². The molecule has 0 saturated heterocycles. The minimum atomic E-state index is -4.34. The predicted octanol–water partition coefficient (Wildman–Crippen LogP) is 5.79. The van der Waals surface area contributed by atoms with Gasteiger partial charge in [0.1, 0.15) is 36.3 Å². The molecule has 4 atom stereocenters. The summed E-state index contributed by atoms with van der Waals surface area (Å²) >= 11 is 0. The van der Waals surface area contributed by atoms with Gasteiger partial charge in [0.05, 0.1) is 41.7 Å². The van der Waals surface area contributed by atoms with Crippen LogP contribution in [0.1, 0.15) is 127 Å². The van der Waals surface area contributed by atoms with Crippen LogP contribution >= 0.6 is 7.75 Å². The van der Waals surface area contributed by atoms with Gasteiger partial charge in [-0.2, -0.15) is 0 Å². The van der Waals surface area contributed by atoms with Gasteiger partial charge in [-0.25, -0.2) is 28.6 Å². The molecule has 2 aliphatic heterocycles. The molecule has 2 unspecified atom stereocenters. The lowest BCUT2D eigenvalue weighted by Crippen LogP contribution is -2.44. The van der Waals surface area contributed by atoms with Crippen molar-refractivity contribution in [2.45, 2.75) is 143 Å². The summed E-state index contributed by atoms with van der Waals surface area (Å²) in [6.07, 6.45) is 1.67. The van der Waals surface area contributed by atoms with E-state index in [4.69, 9.17) is 28.2 Å². The van der Waals surface area contributed by atoms with Crippen molar-refractivity contribution in [2.75, 3.05) is 19.8 Å². The molecule has 3 aromatic rings. The summed E-state index contributed by atoms with van der Waals surface area (Å²) < 4.78 is 58.3. The quantitative estimate of drug-likeness (QED) is 0.0481. The van der Waals surface area contributed by atoms with E-state index in [1.54, 1.807) is 61.5 Å². The van der Waals surface area contributed by atoms with Crippen molar-refractivity contribution >= 4 is 42.6 Å². The number of carbonyl (C=O) groups excluding carboxylic acids is 4. The Labute approximate surface area is 359 Å². The first kappa shape index (κ1) is 46.8. The number of nitrogens with zero attached hydrogens (tertiary/aromatic N) is 2. The van der Waals surface area contributed by atoms with Crippen molar-refractivity contribution in [1.82, 2.24) is 25.3 Å². The van der Waals surface area contributed by atoms with Crippen molar-refractivity contribution < 1.29 is 56.5 Å². The van der Waals surface area contributed by atoms with Crippen LogP contribution in [0.15, 0.2) is 16.9 Å². The molecule has 1 aliphatic carbocycles. The highest BCUT2D eigenvalue weighted by atomic mass is 31.2. The molecule has 2 amide bonds. The number of alkyl carbamates (subject to hydrolysis) is 1. The van der Waals surface area contributed by atoms with Gasteiger partial charge < -0.3 is 34.5 Å². The van der Waals surface area contributed by atoms with Crippen LogP contribution in [0, 0.1) is 12.7 Å². The number of halogens is 1. The van der Waals surface area contributed by atoms with Gasteiger partial charge in [-0.1, -0.05) is 6.92 Å². The molecule has 0 saturated carbocycles. The van der Waals surface area contributed by atoms with Gasteiger partial charge in [-0.3, -0.25) is 23.4 Å². The summed E-state index contributed by atoms with van der Waals surface area (Å²) in [6, 6.07) is 1.04. The van der Waals surface area contributed by atoms with E-state index in [0.717, 1.165) is 0 Å². The number of aliphatic hydroxyl groups is 1. The number of pyridine rings is 2. The number of rotatable bonds is 15. The van der Waals surface area contributed by atoms with Crippen LogP contribution in [0.3, 0.4) is 0 Å². The number of unbranched alkanes of at least 4 members (excludes halogenated alkanes) is 2. The van der Waals surface area contributed by atoms with Crippen molar-refractivity contribution in [1.29, 1.82) is 0 Å². The lowest BCUT2D eigenvalue weighted by Gasteiger charge is -2.31. The SMILES string of the molecule is CC[C@@]1(O)C(=O)OCc2c1cc1n(c2=O)Cc2c-1nc1cc(F)c(C)c3c1c2[C@@H](NC(=O)COP(=O)(NC(C)C(=O)OC(C)(C)C)OCCCCCNC(=O)OC(C)(C)C)CC3. The predicted molar refractivity (Wildman–Crippen MR) is 224 cm³/mol. The van der Waals surface area contributed by atoms with Crippen molar-refractivity contribution in [3.8, 4) is 11.4 Å². The zero-order chi connectivity index (χ0) is 45.5. The summed E-state index contributed by atoms with van der Waals surface area (Å²) in [5.41, 5.74) is -0.375. The third-order valence-electron chi connectivity index (χ3n) is 10.9. The Hall–Kier alpha value is -4.74. The Morgan fingerprint density at radius 1 is 1.05 bits per heavy atom. The number of nitrogens with one attached hydrogen (secondary N) is 3. The van der Waals surface area contributed by atoms with E-state index in [9.17, 15) is 33.6 Å². The third-order valence-corrected chi connectivity index (χ3v) is 12.6. The number of hydrogen-bond donors (Lipinski definition) is 4. The zero-order valence-corrected chi connectivity index (χ0v) is 37.6. The Morgan fingerprint density at radius 2 is 1.76 bits per heavy atom. The fraction of sp³-hybridized carbons (Fsp3) is 0.581. The van der Waals surface area contributed by atoms with Crippen LogP contribution < -0.4 is 21.3 Å². The zero-order valence-electron chi connectivity index (χ0n) is 36.7. The van der Waals surface area contributed by atoms with E-state index in [2.05, 4.69) is 15.7 Å². The summed E-state index contributed by atoms with van der Waals surface area (Å²) in [7, 11) is -4.34. The molecule has 17 nitrogen and oxygen atoms in total. The molecular weight excluding hydrogens is 828 g/mol. The molecule has 4 heterocycles. The largest absolute Gasteiger partial charge is 0.459 e. The lowest BCUT2D eigenvalue weighted by atomic mass is 9.81. The summed E-state index contributed by atoms with van der Waals surface area (Å²) in [6.45, 7) is 14.3. The molecule has 6 rings (SSSR count). The lowest BCUT2D eigenvalue weighted by molar-refractivity contribution is -0.172. The fourth-order valence-corrected chi connectivity index (χ4v) is 9.42. The average Bonchev–Trinajstić information content (AvgIpc) is 3.55. The maximum absolute atomic E-state index is 15.4. The van der Waals surface area contributed by atoms with Crippen LogP contribution in [0.4, 0.5) is 9.18 Å². The molecule has 338 valence electrons. The summed E-state index contributed by atoms with van der Waals surface area (Å²) in [5, 5.41) is 20.3. The molecule has 0 bridgehead atoms. The normalized spacial score (nSPS) is 19.4. The first-order valence-corrected chi connectivity index (χ1v) is 22.5. The minimum Gasteiger partial charge on any atom is -0.459 e.